The number of carbonyl (C=O) groups is 3. The summed E-state index contributed by atoms with van der Waals surface area (Å²) in [5.41, 5.74) is 5.37. The number of carbonyl (C=O) groups excluding carboxylic acids is 3. The summed E-state index contributed by atoms with van der Waals surface area (Å²) in [4.78, 5) is 37.7. The number of nitrogens with zero attached hydrogens (tertiary/aromatic N) is 3. The van der Waals surface area contributed by atoms with Gasteiger partial charge in [-0.2, -0.15) is 5.10 Å². The molecule has 0 saturated heterocycles. The van der Waals surface area contributed by atoms with Crippen LogP contribution in [0.3, 0.4) is 0 Å². The molecule has 0 aliphatic carbocycles. The molecule has 11 nitrogen and oxygen atoms in total. The largest absolute Gasteiger partial charge is 0.444 e. The molecule has 0 unspecified atom stereocenters. The Labute approximate surface area is 242 Å². The number of amides is 3. The van der Waals surface area contributed by atoms with Gasteiger partial charge in [-0.3, -0.25) is 20.2 Å². The summed E-state index contributed by atoms with van der Waals surface area (Å²) in [6.45, 7) is 14.8. The molecular weight excluding hydrogens is 555 g/mol. The van der Waals surface area contributed by atoms with Gasteiger partial charge < -0.3 is 15.0 Å². The fourth-order valence-electron chi connectivity index (χ4n) is 4.01. The SMILES string of the molecule is CC(C)n1nc(-c2ccc(CC(=O)Nc3cc(CC(C)(C)C)no3)c(F)c2Cl)c(C(N)=O)c1NC(=O)OC(C)(C)C. The van der Waals surface area contributed by atoms with Crippen LogP contribution in [0.25, 0.3) is 11.3 Å². The van der Waals surface area contributed by atoms with Crippen molar-refractivity contribution < 1.29 is 28.0 Å². The molecule has 3 rings (SSSR count). The first kappa shape index (κ1) is 31.6. The van der Waals surface area contributed by atoms with Crippen LogP contribution in [-0.2, 0) is 22.4 Å². The average molecular weight is 591 g/mol. The number of hydrogen-bond donors (Lipinski definition) is 3. The molecule has 1 aromatic carbocycles. The van der Waals surface area contributed by atoms with Crippen LogP contribution in [0.5, 0.6) is 0 Å². The Kier molecular flexibility index (Phi) is 9.17. The molecule has 41 heavy (non-hydrogen) atoms. The normalized spacial score (nSPS) is 12.0. The standard InChI is InChI=1S/C28H36ClFN6O5/c1-14(2)36-25(33-26(39)40-28(6,7)8)20(24(31)38)23(34-36)17-10-9-15(22(30)21(17)29)11-18(37)32-19-12-16(35-41-19)13-27(3,4)5/h9-10,12,14H,11,13H2,1-8H3,(H2,31,38)(H,32,37)(H,33,39). The molecule has 0 bridgehead atoms. The Morgan fingerprint density at radius 3 is 2.37 bits per heavy atom. The van der Waals surface area contributed by atoms with Crippen LogP contribution in [-0.4, -0.2) is 38.4 Å². The van der Waals surface area contributed by atoms with Gasteiger partial charge in [0.15, 0.2) is 0 Å². The summed E-state index contributed by atoms with van der Waals surface area (Å²) in [6, 6.07) is 4.08. The van der Waals surface area contributed by atoms with Gasteiger partial charge in [-0.1, -0.05) is 49.7 Å². The maximum Gasteiger partial charge on any atom is 0.413 e. The highest BCUT2D eigenvalue weighted by Gasteiger charge is 2.29. The summed E-state index contributed by atoms with van der Waals surface area (Å²) >= 11 is 6.40. The van der Waals surface area contributed by atoms with Crippen LogP contribution < -0.4 is 16.4 Å². The number of anilines is 2. The second kappa shape index (κ2) is 11.9. The van der Waals surface area contributed by atoms with Gasteiger partial charge in [-0.25, -0.2) is 13.9 Å². The van der Waals surface area contributed by atoms with Gasteiger partial charge in [0.25, 0.3) is 5.91 Å². The topological polar surface area (TPSA) is 154 Å². The van der Waals surface area contributed by atoms with E-state index in [0.29, 0.717) is 12.1 Å². The molecular formula is C28H36ClFN6O5. The minimum Gasteiger partial charge on any atom is -0.444 e. The second-order valence-corrected chi connectivity index (χ2v) is 12.5. The van der Waals surface area contributed by atoms with E-state index in [2.05, 4.69) is 20.9 Å². The Morgan fingerprint density at radius 2 is 1.80 bits per heavy atom. The number of nitrogens with one attached hydrogen (secondary N) is 2. The molecule has 0 saturated carbocycles. The minimum absolute atomic E-state index is 0.00157. The number of benzene rings is 1. The highest BCUT2D eigenvalue weighted by atomic mass is 35.5. The van der Waals surface area contributed by atoms with Crippen LogP contribution in [0, 0.1) is 11.2 Å². The smallest absolute Gasteiger partial charge is 0.413 e. The van der Waals surface area contributed by atoms with Crippen molar-refractivity contribution in [2.75, 3.05) is 10.6 Å². The van der Waals surface area contributed by atoms with E-state index in [1.807, 2.05) is 20.8 Å². The van der Waals surface area contributed by atoms with Crippen LogP contribution in [0.15, 0.2) is 22.7 Å². The van der Waals surface area contributed by atoms with Crippen LogP contribution >= 0.6 is 11.6 Å². The first-order valence-corrected chi connectivity index (χ1v) is 13.4. The van der Waals surface area contributed by atoms with Crippen LogP contribution in [0.2, 0.25) is 5.02 Å². The number of primary amides is 1. The highest BCUT2D eigenvalue weighted by Crippen LogP contribution is 2.37. The molecule has 222 valence electrons. The van der Waals surface area contributed by atoms with Gasteiger partial charge in [0, 0.05) is 17.7 Å². The number of nitrogens with two attached hydrogens (primary N) is 1. The zero-order chi connectivity index (χ0) is 30.9. The van der Waals surface area contributed by atoms with Crippen molar-refractivity contribution in [1.29, 1.82) is 0 Å². The number of aromatic nitrogens is 3. The molecule has 3 aromatic rings. The molecule has 0 radical (unpaired) electrons. The maximum atomic E-state index is 15.4. The van der Waals surface area contributed by atoms with E-state index in [0.717, 1.165) is 0 Å². The van der Waals surface area contributed by atoms with Crippen molar-refractivity contribution in [1.82, 2.24) is 14.9 Å². The lowest BCUT2D eigenvalue weighted by molar-refractivity contribution is -0.115. The van der Waals surface area contributed by atoms with Crippen LogP contribution in [0.4, 0.5) is 20.9 Å². The number of rotatable bonds is 8. The summed E-state index contributed by atoms with van der Waals surface area (Å²) in [5.74, 6) is -2.21. The molecule has 0 atom stereocenters. The Hall–Kier alpha value is -3.93. The van der Waals surface area contributed by atoms with Crippen molar-refractivity contribution >= 4 is 41.2 Å². The Bertz CT molecular complexity index is 1470. The third-order valence-electron chi connectivity index (χ3n) is 5.57. The van der Waals surface area contributed by atoms with Gasteiger partial charge in [-0.15, -0.1) is 0 Å². The molecule has 2 heterocycles. The van der Waals surface area contributed by atoms with Crippen molar-refractivity contribution in [3.8, 4) is 11.3 Å². The predicted octanol–water partition coefficient (Wildman–Crippen LogP) is 6.13. The van der Waals surface area contributed by atoms with E-state index in [4.69, 9.17) is 26.6 Å². The number of halogens is 2. The van der Waals surface area contributed by atoms with E-state index in [1.54, 1.807) is 40.7 Å². The van der Waals surface area contributed by atoms with Crippen molar-refractivity contribution in [2.24, 2.45) is 11.1 Å². The average Bonchev–Trinajstić information content (AvgIpc) is 3.38. The molecule has 3 amide bonds. The monoisotopic (exact) mass is 590 g/mol. The lowest BCUT2D eigenvalue weighted by Crippen LogP contribution is -2.29. The van der Waals surface area contributed by atoms with Gasteiger partial charge in [-0.05, 0) is 52.0 Å². The number of ether oxygens (including phenoxy) is 1. The maximum absolute atomic E-state index is 15.4. The third kappa shape index (κ3) is 8.06. The second-order valence-electron chi connectivity index (χ2n) is 12.1. The van der Waals surface area contributed by atoms with Crippen molar-refractivity contribution in [3.63, 3.8) is 0 Å². The summed E-state index contributed by atoms with van der Waals surface area (Å²) in [6.07, 6.45) is -0.535. The molecule has 0 aliphatic heterocycles. The lowest BCUT2D eigenvalue weighted by atomic mass is 9.91. The van der Waals surface area contributed by atoms with Gasteiger partial charge in [0.1, 0.15) is 28.5 Å². The molecule has 0 aliphatic rings. The van der Waals surface area contributed by atoms with Crippen LogP contribution in [0.1, 0.15) is 83.0 Å². The first-order chi connectivity index (χ1) is 18.9. The number of hydrogen-bond acceptors (Lipinski definition) is 7. The highest BCUT2D eigenvalue weighted by molar-refractivity contribution is 6.33. The van der Waals surface area contributed by atoms with E-state index >= 15 is 4.39 Å². The van der Waals surface area contributed by atoms with Gasteiger partial charge >= 0.3 is 6.09 Å². The van der Waals surface area contributed by atoms with Crippen molar-refractivity contribution in [3.05, 3.63) is 45.9 Å². The summed E-state index contributed by atoms with van der Waals surface area (Å²) in [5, 5.41) is 13.1. The fourth-order valence-corrected chi connectivity index (χ4v) is 4.28. The summed E-state index contributed by atoms with van der Waals surface area (Å²) in [7, 11) is 0. The van der Waals surface area contributed by atoms with Crippen molar-refractivity contribution in [2.45, 2.75) is 79.9 Å². The Morgan fingerprint density at radius 1 is 1.15 bits per heavy atom. The fraction of sp³-hybridized carbons (Fsp3) is 0.464. The quantitative estimate of drug-likeness (QED) is 0.285. The predicted molar refractivity (Wildman–Crippen MR) is 153 cm³/mol. The molecule has 0 spiro atoms. The van der Waals surface area contributed by atoms with E-state index < -0.39 is 29.3 Å². The van der Waals surface area contributed by atoms with E-state index in [-0.39, 0.29) is 57.0 Å². The first-order valence-electron chi connectivity index (χ1n) is 13.0. The van der Waals surface area contributed by atoms with E-state index in [1.165, 1.54) is 16.8 Å². The molecule has 2 aromatic heterocycles. The van der Waals surface area contributed by atoms with Gasteiger partial charge in [0.2, 0.25) is 11.8 Å². The Balaban J connectivity index is 1.91. The minimum atomic E-state index is -0.921. The molecule has 13 heteroatoms. The lowest BCUT2D eigenvalue weighted by Gasteiger charge is -2.20. The molecule has 4 N–H and O–H groups in total. The van der Waals surface area contributed by atoms with E-state index in [9.17, 15) is 14.4 Å². The zero-order valence-electron chi connectivity index (χ0n) is 24.4. The van der Waals surface area contributed by atoms with Gasteiger partial charge in [0.05, 0.1) is 17.1 Å². The zero-order valence-corrected chi connectivity index (χ0v) is 25.2. The molecule has 0 fully saturated rings. The third-order valence-corrected chi connectivity index (χ3v) is 5.94. The summed E-state index contributed by atoms with van der Waals surface area (Å²) < 4.78 is 27.3.